The summed E-state index contributed by atoms with van der Waals surface area (Å²) in [5.41, 5.74) is 5.52. The Kier molecular flexibility index (Phi) is 42.3. The van der Waals surface area contributed by atoms with Crippen molar-refractivity contribution >= 4 is 17.7 Å². The molecule has 6 nitrogen and oxygen atoms in total. The van der Waals surface area contributed by atoms with Gasteiger partial charge in [-0.1, -0.05) is 239 Å². The maximum atomic E-state index is 14.0. The third kappa shape index (κ3) is 39.0. The maximum absolute atomic E-state index is 14.0. The first-order valence-electron chi connectivity index (χ1n) is 24.8. The predicted octanol–water partition coefficient (Wildman–Crippen LogP) is 14.4. The van der Waals surface area contributed by atoms with Gasteiger partial charge in [0.1, 0.15) is 6.04 Å². The van der Waals surface area contributed by atoms with Gasteiger partial charge in [-0.2, -0.15) is 0 Å². The average molecular weight is 776 g/mol. The second-order valence-electron chi connectivity index (χ2n) is 17.2. The average Bonchev–Trinajstić information content (AvgIpc) is 3.17. The van der Waals surface area contributed by atoms with Crippen LogP contribution in [0.4, 0.5) is 0 Å². The van der Waals surface area contributed by atoms with Gasteiger partial charge in [0.25, 0.3) is 0 Å². The molecule has 6 heteroatoms. The van der Waals surface area contributed by atoms with E-state index in [4.69, 9.17) is 5.73 Å². The maximum Gasteiger partial charge on any atom is 0.245 e. The molecule has 1 atom stereocenters. The summed E-state index contributed by atoms with van der Waals surface area (Å²) in [6.45, 7) is 8.27. The molecule has 55 heavy (non-hydrogen) atoms. The molecular formula is C49H97N3O3. The molecule has 0 aliphatic carbocycles. The fourth-order valence-corrected chi connectivity index (χ4v) is 7.95. The molecule has 0 spiro atoms. The molecule has 0 aliphatic heterocycles. The lowest BCUT2D eigenvalue weighted by atomic mass is 10.0. The van der Waals surface area contributed by atoms with Crippen LogP contribution >= 0.6 is 0 Å². The third-order valence-corrected chi connectivity index (χ3v) is 11.7. The smallest absolute Gasteiger partial charge is 0.245 e. The summed E-state index contributed by atoms with van der Waals surface area (Å²) in [5.74, 6) is -0.513. The van der Waals surface area contributed by atoms with Gasteiger partial charge in [0, 0.05) is 25.9 Å². The first-order valence-corrected chi connectivity index (χ1v) is 24.8. The highest BCUT2D eigenvalue weighted by molar-refractivity contribution is 5.88. The molecule has 326 valence electrons. The van der Waals surface area contributed by atoms with Crippen LogP contribution in [0.1, 0.15) is 278 Å². The van der Waals surface area contributed by atoms with Gasteiger partial charge in [-0.3, -0.25) is 14.4 Å². The number of carbonyl (C=O) groups excluding carboxylic acids is 3. The topological polar surface area (TPSA) is 92.5 Å². The second kappa shape index (κ2) is 43.5. The molecule has 3 N–H and O–H groups in total. The summed E-state index contributed by atoms with van der Waals surface area (Å²) >= 11 is 0. The van der Waals surface area contributed by atoms with Gasteiger partial charge < -0.3 is 16.0 Å². The van der Waals surface area contributed by atoms with Crippen LogP contribution in [-0.4, -0.2) is 41.8 Å². The highest BCUT2D eigenvalue weighted by atomic mass is 16.2. The van der Waals surface area contributed by atoms with E-state index in [0.29, 0.717) is 6.42 Å². The lowest BCUT2D eigenvalue weighted by molar-refractivity contribution is -0.137. The normalized spacial score (nSPS) is 11.9. The number of nitrogens with zero attached hydrogens (tertiary/aromatic N) is 1. The molecule has 0 bridgehead atoms. The Morgan fingerprint density at radius 2 is 0.673 bits per heavy atom. The number of rotatable bonds is 45. The SMILES string of the molecule is CCCCCCCCCCCCCCCCN(CCCCCCCCCCCCCCCC)C(=O)[C@H](CCC(N)=O)NC(=O)CCCCCCCCCCC. The number of primary amides is 1. The Hall–Kier alpha value is -1.59. The quantitative estimate of drug-likeness (QED) is 0.0603. The minimum Gasteiger partial charge on any atom is -0.370 e. The Bertz CT molecular complexity index is 802. The van der Waals surface area contributed by atoms with E-state index in [2.05, 4.69) is 26.1 Å². The standard InChI is InChI=1S/C49H97N3O3/c1-4-7-10-13-16-19-21-23-25-27-30-33-36-39-44-52(45-40-37-34-31-28-26-24-22-20-17-14-11-8-5-2)49(55)46(42-43-47(50)53)51-48(54)41-38-35-32-29-18-15-12-9-6-3/h46H,4-45H2,1-3H3,(H2,50,53)(H,51,54)/t46-/m0/s1. The van der Waals surface area contributed by atoms with Crippen molar-refractivity contribution in [2.24, 2.45) is 5.73 Å². The molecule has 0 fully saturated rings. The van der Waals surface area contributed by atoms with Gasteiger partial charge in [0.2, 0.25) is 17.7 Å². The Morgan fingerprint density at radius 1 is 0.400 bits per heavy atom. The molecule has 3 amide bonds. The van der Waals surface area contributed by atoms with Crippen molar-refractivity contribution < 1.29 is 14.4 Å². The molecule has 0 aliphatic rings. The van der Waals surface area contributed by atoms with Crippen molar-refractivity contribution in [3.8, 4) is 0 Å². The van der Waals surface area contributed by atoms with E-state index in [-0.39, 0.29) is 24.7 Å². The summed E-state index contributed by atoms with van der Waals surface area (Å²) in [4.78, 5) is 40.8. The van der Waals surface area contributed by atoms with Crippen LogP contribution in [0.25, 0.3) is 0 Å². The molecule has 0 aromatic rings. The lowest BCUT2D eigenvalue weighted by Gasteiger charge is -2.28. The minimum absolute atomic E-state index is 0.0222. The lowest BCUT2D eigenvalue weighted by Crippen LogP contribution is -2.49. The van der Waals surface area contributed by atoms with E-state index in [9.17, 15) is 14.4 Å². The number of carbonyl (C=O) groups is 3. The van der Waals surface area contributed by atoms with Crippen LogP contribution in [0.5, 0.6) is 0 Å². The van der Waals surface area contributed by atoms with Crippen LogP contribution in [0.15, 0.2) is 0 Å². The monoisotopic (exact) mass is 776 g/mol. The van der Waals surface area contributed by atoms with Gasteiger partial charge in [-0.15, -0.1) is 0 Å². The zero-order chi connectivity index (χ0) is 40.3. The molecule has 0 aromatic carbocycles. The van der Waals surface area contributed by atoms with E-state index < -0.39 is 11.9 Å². The number of hydrogen-bond acceptors (Lipinski definition) is 3. The van der Waals surface area contributed by atoms with E-state index in [1.807, 2.05) is 4.90 Å². The Balaban J connectivity index is 4.76. The van der Waals surface area contributed by atoms with E-state index in [1.165, 1.54) is 193 Å². The Morgan fingerprint density at radius 3 is 0.964 bits per heavy atom. The zero-order valence-electron chi connectivity index (χ0n) is 37.5. The molecule has 0 saturated carbocycles. The van der Waals surface area contributed by atoms with Gasteiger partial charge in [0.15, 0.2) is 0 Å². The van der Waals surface area contributed by atoms with Gasteiger partial charge in [-0.05, 0) is 25.7 Å². The van der Waals surface area contributed by atoms with Crippen molar-refractivity contribution in [2.45, 2.75) is 284 Å². The summed E-state index contributed by atoms with van der Waals surface area (Å²) in [6, 6.07) is -0.670. The molecule has 0 radical (unpaired) electrons. The summed E-state index contributed by atoms with van der Waals surface area (Å²) in [5, 5.41) is 3.04. The van der Waals surface area contributed by atoms with Crippen molar-refractivity contribution in [3.05, 3.63) is 0 Å². The fraction of sp³-hybridized carbons (Fsp3) is 0.939. The van der Waals surface area contributed by atoms with E-state index in [0.717, 1.165) is 58.0 Å². The van der Waals surface area contributed by atoms with Crippen LogP contribution in [0, 0.1) is 0 Å². The highest BCUT2D eigenvalue weighted by Gasteiger charge is 2.26. The molecular weight excluding hydrogens is 679 g/mol. The van der Waals surface area contributed by atoms with Gasteiger partial charge in [0.05, 0.1) is 0 Å². The summed E-state index contributed by atoms with van der Waals surface area (Å²) < 4.78 is 0. The highest BCUT2D eigenvalue weighted by Crippen LogP contribution is 2.17. The number of unbranched alkanes of at least 4 members (excludes halogenated alkanes) is 34. The molecule has 0 aromatic heterocycles. The molecule has 0 unspecified atom stereocenters. The van der Waals surface area contributed by atoms with Crippen molar-refractivity contribution in [3.63, 3.8) is 0 Å². The van der Waals surface area contributed by atoms with Crippen molar-refractivity contribution in [2.75, 3.05) is 13.1 Å². The first kappa shape index (κ1) is 53.4. The Labute approximate surface area is 343 Å². The summed E-state index contributed by atoms with van der Waals surface area (Å²) in [7, 11) is 0. The number of nitrogens with two attached hydrogens (primary N) is 1. The van der Waals surface area contributed by atoms with E-state index >= 15 is 0 Å². The fourth-order valence-electron chi connectivity index (χ4n) is 7.95. The molecule has 0 heterocycles. The number of amides is 3. The number of nitrogens with one attached hydrogen (secondary N) is 1. The van der Waals surface area contributed by atoms with Crippen molar-refractivity contribution in [1.29, 1.82) is 0 Å². The van der Waals surface area contributed by atoms with Crippen LogP contribution in [-0.2, 0) is 14.4 Å². The van der Waals surface area contributed by atoms with Crippen LogP contribution in [0.2, 0.25) is 0 Å². The molecule has 0 rings (SSSR count). The first-order chi connectivity index (χ1) is 27.0. The van der Waals surface area contributed by atoms with E-state index in [1.54, 1.807) is 0 Å². The largest absolute Gasteiger partial charge is 0.370 e. The third-order valence-electron chi connectivity index (χ3n) is 11.7. The van der Waals surface area contributed by atoms with Gasteiger partial charge in [-0.25, -0.2) is 0 Å². The predicted molar refractivity (Wildman–Crippen MR) is 239 cm³/mol. The zero-order valence-corrected chi connectivity index (χ0v) is 37.5. The van der Waals surface area contributed by atoms with Gasteiger partial charge >= 0.3 is 0 Å². The second-order valence-corrected chi connectivity index (χ2v) is 17.2. The summed E-state index contributed by atoms with van der Waals surface area (Å²) in [6.07, 6.45) is 48.4. The minimum atomic E-state index is -0.670. The van der Waals surface area contributed by atoms with Crippen LogP contribution in [0.3, 0.4) is 0 Å². The molecule has 0 saturated heterocycles. The number of hydrogen-bond donors (Lipinski definition) is 2. The van der Waals surface area contributed by atoms with Crippen molar-refractivity contribution in [1.82, 2.24) is 10.2 Å². The van der Waals surface area contributed by atoms with Crippen LogP contribution < -0.4 is 11.1 Å².